The van der Waals surface area contributed by atoms with Crippen molar-refractivity contribution in [3.8, 4) is 0 Å². The molecule has 0 aliphatic heterocycles. The Labute approximate surface area is 108 Å². The molecule has 2 rings (SSSR count). The molecule has 0 aromatic heterocycles. The van der Waals surface area contributed by atoms with Gasteiger partial charge in [0.25, 0.3) is 0 Å². The predicted octanol–water partition coefficient (Wildman–Crippen LogP) is 4.36. The van der Waals surface area contributed by atoms with Crippen LogP contribution in [0.5, 0.6) is 0 Å². The molecule has 1 aliphatic rings. The first kappa shape index (κ1) is 12.1. The van der Waals surface area contributed by atoms with E-state index in [4.69, 9.17) is 11.6 Å². The largest absolute Gasteiger partial charge is 0.265 e. The van der Waals surface area contributed by atoms with E-state index < -0.39 is 0 Å². The summed E-state index contributed by atoms with van der Waals surface area (Å²) in [4.78, 5) is 4.47. The van der Waals surface area contributed by atoms with E-state index in [1.165, 1.54) is 16.7 Å². The lowest BCUT2D eigenvalue weighted by Gasteiger charge is -2.06. The Morgan fingerprint density at radius 2 is 2.12 bits per heavy atom. The van der Waals surface area contributed by atoms with Gasteiger partial charge in [0.2, 0.25) is 0 Å². The van der Waals surface area contributed by atoms with Crippen LogP contribution in [0.15, 0.2) is 47.1 Å². The molecule has 0 saturated heterocycles. The second-order valence-corrected chi connectivity index (χ2v) is 4.59. The first-order chi connectivity index (χ1) is 8.24. The normalized spacial score (nSPS) is 15.9. The van der Waals surface area contributed by atoms with Gasteiger partial charge < -0.3 is 0 Å². The molecule has 0 atom stereocenters. The summed E-state index contributed by atoms with van der Waals surface area (Å²) in [6.07, 6.45) is 6.65. The highest BCUT2D eigenvalue weighted by Gasteiger charge is 2.13. The van der Waals surface area contributed by atoms with Gasteiger partial charge in [0.1, 0.15) is 0 Å². The Bertz CT molecular complexity index is 498. The maximum atomic E-state index is 6.03. The summed E-state index contributed by atoms with van der Waals surface area (Å²) in [5.74, 6) is 0. The molecule has 0 bridgehead atoms. The minimum Gasteiger partial charge on any atom is -0.265 e. The minimum absolute atomic E-state index is 0.811. The molecule has 1 aromatic carbocycles. The first-order valence-corrected chi connectivity index (χ1v) is 6.23. The number of aliphatic imine (C=N–C) groups is 1. The molecule has 0 radical (unpaired) electrons. The Kier molecular flexibility index (Phi) is 3.80. The lowest BCUT2D eigenvalue weighted by molar-refractivity contribution is 0.964. The standard InChI is InChI=1S/C15H16ClN/c1-3-11-5-6-12-9-14(16)8-7-13(12)10-15(11)17-4-2/h3-4,7-9H,1,5-6,10H2,2H3. The molecule has 1 nitrogen and oxygen atoms in total. The van der Waals surface area contributed by atoms with Gasteiger partial charge in [0.15, 0.2) is 0 Å². The number of fused-ring (bicyclic) bond motifs is 1. The molecule has 0 fully saturated rings. The highest BCUT2D eigenvalue weighted by Crippen LogP contribution is 2.28. The second kappa shape index (κ2) is 5.33. The smallest absolute Gasteiger partial charge is 0.0475 e. The fourth-order valence-corrected chi connectivity index (χ4v) is 2.41. The van der Waals surface area contributed by atoms with Gasteiger partial charge in [-0.05, 0) is 48.6 Å². The quantitative estimate of drug-likeness (QED) is 0.687. The molecule has 0 spiro atoms. The number of hydrogen-bond acceptors (Lipinski definition) is 1. The fraction of sp³-hybridized carbons (Fsp3) is 0.267. The van der Waals surface area contributed by atoms with E-state index in [0.717, 1.165) is 30.0 Å². The van der Waals surface area contributed by atoms with Crippen LogP contribution in [0.25, 0.3) is 0 Å². The molecular formula is C15H16ClN. The van der Waals surface area contributed by atoms with E-state index in [2.05, 4.69) is 23.7 Å². The molecule has 1 aromatic rings. The third-order valence-corrected chi connectivity index (χ3v) is 3.33. The highest BCUT2D eigenvalue weighted by atomic mass is 35.5. The number of benzene rings is 1. The Balaban J connectivity index is 2.42. The first-order valence-electron chi connectivity index (χ1n) is 5.85. The number of allylic oxidation sites excluding steroid dienone is 3. The molecule has 2 heteroatoms. The van der Waals surface area contributed by atoms with E-state index in [9.17, 15) is 0 Å². The van der Waals surface area contributed by atoms with Crippen molar-refractivity contribution >= 4 is 17.8 Å². The molecule has 17 heavy (non-hydrogen) atoms. The van der Waals surface area contributed by atoms with E-state index in [-0.39, 0.29) is 0 Å². The van der Waals surface area contributed by atoms with Gasteiger partial charge in [-0.3, -0.25) is 4.99 Å². The summed E-state index contributed by atoms with van der Waals surface area (Å²) < 4.78 is 0. The number of rotatable bonds is 2. The SMILES string of the molecule is C=CC1=C(N=CC)Cc2ccc(Cl)cc2CC1. The van der Waals surface area contributed by atoms with Crippen molar-refractivity contribution in [2.45, 2.75) is 26.2 Å². The predicted molar refractivity (Wildman–Crippen MR) is 74.9 cm³/mol. The van der Waals surface area contributed by atoms with Crippen LogP contribution in [-0.4, -0.2) is 6.21 Å². The zero-order valence-corrected chi connectivity index (χ0v) is 10.8. The second-order valence-electron chi connectivity index (χ2n) is 4.15. The third kappa shape index (κ3) is 2.67. The maximum Gasteiger partial charge on any atom is 0.0475 e. The van der Waals surface area contributed by atoms with Gasteiger partial charge in [-0.2, -0.15) is 0 Å². The highest BCUT2D eigenvalue weighted by molar-refractivity contribution is 6.30. The van der Waals surface area contributed by atoms with Crippen molar-refractivity contribution in [2.75, 3.05) is 0 Å². The molecule has 0 unspecified atom stereocenters. The minimum atomic E-state index is 0.811. The summed E-state index contributed by atoms with van der Waals surface area (Å²) in [7, 11) is 0. The van der Waals surface area contributed by atoms with Crippen molar-refractivity contribution in [3.05, 3.63) is 58.3 Å². The van der Waals surface area contributed by atoms with Gasteiger partial charge in [-0.25, -0.2) is 0 Å². The van der Waals surface area contributed by atoms with Crippen molar-refractivity contribution in [3.63, 3.8) is 0 Å². The summed E-state index contributed by atoms with van der Waals surface area (Å²) in [5, 5.41) is 0.811. The molecule has 88 valence electrons. The number of nitrogens with zero attached hydrogens (tertiary/aromatic N) is 1. The van der Waals surface area contributed by atoms with Crippen molar-refractivity contribution < 1.29 is 0 Å². The van der Waals surface area contributed by atoms with Crippen LogP contribution in [0.2, 0.25) is 5.02 Å². The summed E-state index contributed by atoms with van der Waals surface area (Å²) in [6.45, 7) is 5.83. The van der Waals surface area contributed by atoms with Crippen LogP contribution in [0.1, 0.15) is 24.5 Å². The Morgan fingerprint density at radius 3 is 2.82 bits per heavy atom. The molecule has 0 heterocycles. The van der Waals surface area contributed by atoms with Crippen LogP contribution in [0, 0.1) is 0 Å². The van der Waals surface area contributed by atoms with Gasteiger partial charge in [0, 0.05) is 23.4 Å². The fourth-order valence-electron chi connectivity index (χ4n) is 2.21. The molecular weight excluding hydrogens is 230 g/mol. The molecule has 1 aliphatic carbocycles. The summed E-state index contributed by atoms with van der Waals surface area (Å²) >= 11 is 6.03. The number of halogens is 1. The Morgan fingerprint density at radius 1 is 1.29 bits per heavy atom. The van der Waals surface area contributed by atoms with Crippen LogP contribution in [0.3, 0.4) is 0 Å². The molecule has 0 amide bonds. The van der Waals surface area contributed by atoms with Crippen LogP contribution < -0.4 is 0 Å². The Hall–Kier alpha value is -1.34. The van der Waals surface area contributed by atoms with Crippen molar-refractivity contribution in [2.24, 2.45) is 4.99 Å². The van der Waals surface area contributed by atoms with Gasteiger partial charge in [-0.1, -0.05) is 30.3 Å². The zero-order chi connectivity index (χ0) is 12.3. The molecule has 0 saturated carbocycles. The van der Waals surface area contributed by atoms with Crippen molar-refractivity contribution in [1.29, 1.82) is 0 Å². The molecule has 0 N–H and O–H groups in total. The summed E-state index contributed by atoms with van der Waals surface area (Å²) in [6, 6.07) is 6.12. The number of aryl methyl sites for hydroxylation is 1. The van der Waals surface area contributed by atoms with E-state index >= 15 is 0 Å². The van der Waals surface area contributed by atoms with Gasteiger partial charge in [-0.15, -0.1) is 0 Å². The lowest BCUT2D eigenvalue weighted by atomic mass is 10.0. The van der Waals surface area contributed by atoms with Crippen molar-refractivity contribution in [1.82, 2.24) is 0 Å². The van der Waals surface area contributed by atoms with E-state index in [0.29, 0.717) is 0 Å². The number of hydrogen-bond donors (Lipinski definition) is 0. The van der Waals surface area contributed by atoms with E-state index in [1.807, 2.05) is 25.3 Å². The summed E-state index contributed by atoms with van der Waals surface area (Å²) in [5.41, 5.74) is 5.03. The van der Waals surface area contributed by atoms with Crippen LogP contribution in [0.4, 0.5) is 0 Å². The topological polar surface area (TPSA) is 12.4 Å². The third-order valence-electron chi connectivity index (χ3n) is 3.09. The average molecular weight is 246 g/mol. The van der Waals surface area contributed by atoms with Gasteiger partial charge in [0.05, 0.1) is 0 Å². The monoisotopic (exact) mass is 245 g/mol. The average Bonchev–Trinajstić information content (AvgIpc) is 2.48. The van der Waals surface area contributed by atoms with E-state index in [1.54, 1.807) is 0 Å². The zero-order valence-electron chi connectivity index (χ0n) is 10.0. The maximum absolute atomic E-state index is 6.03. The van der Waals surface area contributed by atoms with Gasteiger partial charge >= 0.3 is 0 Å². The van der Waals surface area contributed by atoms with Crippen LogP contribution in [-0.2, 0) is 12.8 Å². The van der Waals surface area contributed by atoms with Crippen LogP contribution >= 0.6 is 11.6 Å². The lowest BCUT2D eigenvalue weighted by Crippen LogP contribution is -1.92.